The monoisotopic (exact) mass is 339 g/mol. The average molecular weight is 340 g/mol. The number of hydrogen-bond acceptors (Lipinski definition) is 5. The minimum atomic E-state index is -0.0375. The molecule has 1 saturated heterocycles. The van der Waals surface area contributed by atoms with Crippen molar-refractivity contribution in [1.82, 2.24) is 15.1 Å². The van der Waals surface area contributed by atoms with Crippen LogP contribution in [0.3, 0.4) is 0 Å². The quantitative estimate of drug-likeness (QED) is 0.784. The molecular formula is C17H29N3O2S. The van der Waals surface area contributed by atoms with Gasteiger partial charge in [0.2, 0.25) is 5.91 Å². The molecule has 5 nitrogen and oxygen atoms in total. The standard InChI is InChI=1S/C17H29N3O2S/c1-4-19(12-15-6-5-11-23-15)13-16(21)18-14-17(2,3)20-7-9-22-10-8-20/h5-6,11H,4,7-10,12-14H2,1-3H3,(H,18,21). The van der Waals surface area contributed by atoms with E-state index in [1.165, 1.54) is 4.88 Å². The van der Waals surface area contributed by atoms with Crippen molar-refractivity contribution in [2.45, 2.75) is 32.9 Å². The van der Waals surface area contributed by atoms with Crippen LogP contribution in [-0.2, 0) is 16.1 Å². The number of hydrogen-bond donors (Lipinski definition) is 1. The van der Waals surface area contributed by atoms with Crippen molar-refractivity contribution < 1.29 is 9.53 Å². The first kappa shape index (κ1) is 18.4. The molecule has 2 rings (SSSR count). The molecule has 1 aliphatic heterocycles. The number of carbonyl (C=O) groups is 1. The first-order valence-electron chi connectivity index (χ1n) is 8.35. The summed E-state index contributed by atoms with van der Waals surface area (Å²) in [6.07, 6.45) is 0. The van der Waals surface area contributed by atoms with E-state index in [1.54, 1.807) is 11.3 Å². The molecule has 6 heteroatoms. The summed E-state index contributed by atoms with van der Waals surface area (Å²) in [4.78, 5) is 18.1. The second-order valence-corrected chi connectivity index (χ2v) is 7.60. The van der Waals surface area contributed by atoms with E-state index in [2.05, 4.69) is 53.4 Å². The molecule has 23 heavy (non-hydrogen) atoms. The highest BCUT2D eigenvalue weighted by Gasteiger charge is 2.28. The molecule has 0 atom stereocenters. The molecule has 1 aromatic heterocycles. The van der Waals surface area contributed by atoms with Gasteiger partial charge in [-0.05, 0) is 31.8 Å². The molecule has 0 unspecified atom stereocenters. The fraction of sp³-hybridized carbons (Fsp3) is 0.706. The zero-order valence-electron chi connectivity index (χ0n) is 14.5. The number of ether oxygens (including phenoxy) is 1. The lowest BCUT2D eigenvalue weighted by Gasteiger charge is -2.41. The van der Waals surface area contributed by atoms with Gasteiger partial charge in [0.15, 0.2) is 0 Å². The van der Waals surface area contributed by atoms with Crippen LogP contribution in [0.5, 0.6) is 0 Å². The van der Waals surface area contributed by atoms with Gasteiger partial charge in [-0.3, -0.25) is 14.6 Å². The van der Waals surface area contributed by atoms with Gasteiger partial charge in [-0.15, -0.1) is 11.3 Å². The van der Waals surface area contributed by atoms with Gasteiger partial charge in [0.05, 0.1) is 19.8 Å². The second-order valence-electron chi connectivity index (χ2n) is 6.57. The van der Waals surface area contributed by atoms with Crippen molar-refractivity contribution in [1.29, 1.82) is 0 Å². The number of rotatable bonds is 8. The zero-order valence-corrected chi connectivity index (χ0v) is 15.3. The molecule has 1 amide bonds. The Hall–Kier alpha value is -0.950. The first-order chi connectivity index (χ1) is 11.0. The molecule has 1 N–H and O–H groups in total. The maximum absolute atomic E-state index is 12.3. The molecule has 0 aromatic carbocycles. The van der Waals surface area contributed by atoms with Gasteiger partial charge in [-0.2, -0.15) is 0 Å². The maximum atomic E-state index is 12.3. The van der Waals surface area contributed by atoms with Crippen molar-refractivity contribution in [2.75, 3.05) is 45.9 Å². The molecule has 1 aliphatic rings. The lowest BCUT2D eigenvalue weighted by atomic mass is 10.0. The number of carbonyl (C=O) groups excluding carboxylic acids is 1. The highest BCUT2D eigenvalue weighted by atomic mass is 32.1. The fourth-order valence-electron chi connectivity index (χ4n) is 2.76. The van der Waals surface area contributed by atoms with Crippen molar-refractivity contribution in [3.8, 4) is 0 Å². The fourth-order valence-corrected chi connectivity index (χ4v) is 3.50. The van der Waals surface area contributed by atoms with E-state index in [0.717, 1.165) is 39.4 Å². The van der Waals surface area contributed by atoms with E-state index in [9.17, 15) is 4.79 Å². The van der Waals surface area contributed by atoms with Crippen LogP contribution in [0.1, 0.15) is 25.6 Å². The van der Waals surface area contributed by atoms with E-state index in [1.807, 2.05) is 0 Å². The summed E-state index contributed by atoms with van der Waals surface area (Å²) in [5, 5.41) is 5.18. The third-order valence-electron chi connectivity index (χ3n) is 4.36. The van der Waals surface area contributed by atoms with E-state index >= 15 is 0 Å². The van der Waals surface area contributed by atoms with Crippen LogP contribution in [-0.4, -0.2) is 67.2 Å². The van der Waals surface area contributed by atoms with Crippen molar-refractivity contribution in [3.05, 3.63) is 22.4 Å². The molecule has 0 saturated carbocycles. The largest absolute Gasteiger partial charge is 0.379 e. The topological polar surface area (TPSA) is 44.8 Å². The van der Waals surface area contributed by atoms with Crippen LogP contribution in [0.25, 0.3) is 0 Å². The number of likely N-dealkylation sites (N-methyl/N-ethyl adjacent to an activating group) is 1. The molecule has 130 valence electrons. The van der Waals surface area contributed by atoms with Crippen LogP contribution in [0, 0.1) is 0 Å². The van der Waals surface area contributed by atoms with E-state index < -0.39 is 0 Å². The van der Waals surface area contributed by atoms with Crippen molar-refractivity contribution >= 4 is 17.2 Å². The summed E-state index contributed by atoms with van der Waals surface area (Å²) in [5.41, 5.74) is -0.0375. The molecule has 1 aromatic rings. The lowest BCUT2D eigenvalue weighted by molar-refractivity contribution is -0.123. The van der Waals surface area contributed by atoms with Gasteiger partial charge in [0.1, 0.15) is 0 Å². The Morgan fingerprint density at radius 2 is 2.17 bits per heavy atom. The number of nitrogens with one attached hydrogen (secondary N) is 1. The molecule has 0 spiro atoms. The molecule has 1 fully saturated rings. The summed E-state index contributed by atoms with van der Waals surface area (Å²) in [6, 6.07) is 4.17. The van der Waals surface area contributed by atoms with E-state index in [4.69, 9.17) is 4.74 Å². The number of thiophene rings is 1. The Morgan fingerprint density at radius 1 is 1.43 bits per heavy atom. The molecule has 0 aliphatic carbocycles. The Labute approximate surface area is 143 Å². The Kier molecular flexibility index (Phi) is 7.02. The first-order valence-corrected chi connectivity index (χ1v) is 9.23. The van der Waals surface area contributed by atoms with Gasteiger partial charge in [0, 0.05) is 36.6 Å². The number of nitrogens with zero attached hydrogens (tertiary/aromatic N) is 2. The molecule has 2 heterocycles. The SMILES string of the molecule is CCN(CC(=O)NCC(C)(C)N1CCOCC1)Cc1cccs1. The van der Waals surface area contributed by atoms with Gasteiger partial charge >= 0.3 is 0 Å². The Morgan fingerprint density at radius 3 is 2.78 bits per heavy atom. The molecular weight excluding hydrogens is 310 g/mol. The second kappa shape index (κ2) is 8.78. The zero-order chi connectivity index (χ0) is 16.7. The van der Waals surface area contributed by atoms with Crippen LogP contribution in [0.2, 0.25) is 0 Å². The highest BCUT2D eigenvalue weighted by Crippen LogP contribution is 2.15. The van der Waals surface area contributed by atoms with E-state index in [-0.39, 0.29) is 11.4 Å². The predicted molar refractivity (Wildman–Crippen MR) is 94.8 cm³/mol. The summed E-state index contributed by atoms with van der Waals surface area (Å²) in [6.45, 7) is 12.7. The smallest absolute Gasteiger partial charge is 0.234 e. The van der Waals surface area contributed by atoms with Crippen molar-refractivity contribution in [3.63, 3.8) is 0 Å². The summed E-state index contributed by atoms with van der Waals surface area (Å²) < 4.78 is 5.40. The van der Waals surface area contributed by atoms with Gasteiger partial charge in [0.25, 0.3) is 0 Å². The normalized spacial score (nSPS) is 16.7. The summed E-state index contributed by atoms with van der Waals surface area (Å²) >= 11 is 1.74. The molecule has 0 bridgehead atoms. The van der Waals surface area contributed by atoms with Gasteiger partial charge < -0.3 is 10.1 Å². The Balaban J connectivity index is 1.76. The maximum Gasteiger partial charge on any atom is 0.234 e. The molecule has 0 radical (unpaired) electrons. The number of amides is 1. The van der Waals surface area contributed by atoms with Gasteiger partial charge in [-0.25, -0.2) is 0 Å². The van der Waals surface area contributed by atoms with E-state index in [0.29, 0.717) is 13.1 Å². The van der Waals surface area contributed by atoms with Crippen LogP contribution in [0.4, 0.5) is 0 Å². The minimum Gasteiger partial charge on any atom is -0.379 e. The predicted octanol–water partition coefficient (Wildman–Crippen LogP) is 1.80. The van der Waals surface area contributed by atoms with Crippen LogP contribution in [0.15, 0.2) is 17.5 Å². The minimum absolute atomic E-state index is 0.0375. The van der Waals surface area contributed by atoms with Crippen LogP contribution < -0.4 is 5.32 Å². The highest BCUT2D eigenvalue weighted by molar-refractivity contribution is 7.09. The van der Waals surface area contributed by atoms with Crippen molar-refractivity contribution in [2.24, 2.45) is 0 Å². The average Bonchev–Trinajstić information content (AvgIpc) is 3.06. The lowest BCUT2D eigenvalue weighted by Crippen LogP contribution is -2.56. The third kappa shape index (κ3) is 5.88. The van der Waals surface area contributed by atoms with Gasteiger partial charge in [-0.1, -0.05) is 13.0 Å². The third-order valence-corrected chi connectivity index (χ3v) is 5.22. The Bertz CT molecular complexity index is 470. The summed E-state index contributed by atoms with van der Waals surface area (Å²) in [7, 11) is 0. The number of morpholine rings is 1. The summed E-state index contributed by atoms with van der Waals surface area (Å²) in [5.74, 6) is 0.102. The van der Waals surface area contributed by atoms with Crippen LogP contribution >= 0.6 is 11.3 Å².